The molecule has 0 spiro atoms. The van der Waals surface area contributed by atoms with E-state index in [2.05, 4.69) is 0 Å². The van der Waals surface area contributed by atoms with Gasteiger partial charge in [0.15, 0.2) is 0 Å². The Morgan fingerprint density at radius 1 is 1.36 bits per heavy atom. The van der Waals surface area contributed by atoms with Gasteiger partial charge in [0.1, 0.15) is 11.3 Å². The molecule has 22 heavy (non-hydrogen) atoms. The van der Waals surface area contributed by atoms with Gasteiger partial charge >= 0.3 is 16.1 Å². The fourth-order valence-corrected chi connectivity index (χ4v) is 3.27. The Bertz CT molecular complexity index is 957. The summed E-state index contributed by atoms with van der Waals surface area (Å²) in [5, 5.41) is 9.38. The van der Waals surface area contributed by atoms with Gasteiger partial charge in [-0.2, -0.15) is 8.42 Å². The Hall–Kier alpha value is -2.35. The third-order valence-corrected chi connectivity index (χ3v) is 4.08. The van der Waals surface area contributed by atoms with Crippen molar-refractivity contribution >= 4 is 27.0 Å². The van der Waals surface area contributed by atoms with E-state index in [1.165, 1.54) is 18.3 Å². The molecule has 0 atom stereocenters. The van der Waals surface area contributed by atoms with E-state index in [0.717, 1.165) is 6.26 Å². The molecular weight excluding hydrogens is 310 g/mol. The first-order valence-corrected chi connectivity index (χ1v) is 8.41. The minimum absolute atomic E-state index is 0.186. The summed E-state index contributed by atoms with van der Waals surface area (Å²) in [6.45, 7) is 0.562. The van der Waals surface area contributed by atoms with E-state index < -0.39 is 21.5 Å². The quantitative estimate of drug-likeness (QED) is 0.845. The molecular formula is C14H13NO6S. The highest BCUT2D eigenvalue weighted by molar-refractivity contribution is 7.86. The SMILES string of the molecule is CS(=O)(=O)Oc1ccc2c(=O)c(C(=O)O)cn3c2c1CCC3. The lowest BCUT2D eigenvalue weighted by molar-refractivity contribution is 0.0694. The van der Waals surface area contributed by atoms with E-state index in [1.807, 2.05) is 0 Å². The van der Waals surface area contributed by atoms with Crippen LogP contribution >= 0.6 is 0 Å². The maximum atomic E-state index is 12.3. The van der Waals surface area contributed by atoms with Crippen molar-refractivity contribution in [2.45, 2.75) is 19.4 Å². The predicted octanol–water partition coefficient (Wildman–Crippen LogP) is 0.984. The number of rotatable bonds is 3. The molecule has 2 aromatic rings. The number of hydrogen-bond acceptors (Lipinski definition) is 5. The van der Waals surface area contributed by atoms with Crippen LogP contribution in [0.4, 0.5) is 0 Å². The Labute approximate surface area is 125 Å². The van der Waals surface area contributed by atoms with Crippen LogP contribution in [0.1, 0.15) is 22.3 Å². The fourth-order valence-electron chi connectivity index (χ4n) is 2.79. The van der Waals surface area contributed by atoms with Crippen LogP contribution in [-0.2, 0) is 23.1 Å². The van der Waals surface area contributed by atoms with E-state index >= 15 is 0 Å². The largest absolute Gasteiger partial charge is 0.477 e. The average molecular weight is 323 g/mol. The molecule has 1 aromatic heterocycles. The Balaban J connectivity index is 2.37. The van der Waals surface area contributed by atoms with Crippen molar-refractivity contribution in [3.05, 3.63) is 39.7 Å². The van der Waals surface area contributed by atoms with Crippen molar-refractivity contribution in [2.75, 3.05) is 6.26 Å². The number of benzene rings is 1. The third-order valence-electron chi connectivity index (χ3n) is 3.60. The second-order valence-corrected chi connectivity index (χ2v) is 6.77. The van der Waals surface area contributed by atoms with Crippen LogP contribution in [0.2, 0.25) is 0 Å². The van der Waals surface area contributed by atoms with Crippen LogP contribution in [-0.4, -0.2) is 30.3 Å². The van der Waals surface area contributed by atoms with Crippen LogP contribution in [0.3, 0.4) is 0 Å². The summed E-state index contributed by atoms with van der Waals surface area (Å²) < 4.78 is 29.4. The zero-order valence-corrected chi connectivity index (χ0v) is 12.5. The highest BCUT2D eigenvalue weighted by Gasteiger charge is 2.22. The Morgan fingerprint density at radius 2 is 2.09 bits per heavy atom. The normalized spacial score (nSPS) is 14.0. The summed E-state index contributed by atoms with van der Waals surface area (Å²) in [6.07, 6.45) is 3.52. The van der Waals surface area contributed by atoms with Crippen molar-refractivity contribution in [2.24, 2.45) is 0 Å². The number of carbonyl (C=O) groups is 1. The third kappa shape index (κ3) is 2.35. The molecule has 8 heteroatoms. The number of carboxylic acid groups (broad SMARTS) is 1. The number of aromatic nitrogens is 1. The van der Waals surface area contributed by atoms with Crippen molar-refractivity contribution in [3.63, 3.8) is 0 Å². The van der Waals surface area contributed by atoms with E-state index in [1.54, 1.807) is 4.57 Å². The summed E-state index contributed by atoms with van der Waals surface area (Å²) in [5.74, 6) is -1.09. The molecule has 116 valence electrons. The number of nitrogens with zero attached hydrogens (tertiary/aromatic N) is 1. The lowest BCUT2D eigenvalue weighted by atomic mass is 9.99. The van der Waals surface area contributed by atoms with Crippen molar-refractivity contribution in [1.82, 2.24) is 4.57 Å². The Morgan fingerprint density at radius 3 is 2.73 bits per heavy atom. The van der Waals surface area contributed by atoms with Crippen LogP contribution in [0.15, 0.2) is 23.1 Å². The van der Waals surface area contributed by atoms with Gasteiger partial charge in [0.25, 0.3) is 0 Å². The molecule has 3 rings (SSSR count). The summed E-state index contributed by atoms with van der Waals surface area (Å²) in [6, 6.07) is 2.82. The highest BCUT2D eigenvalue weighted by atomic mass is 32.2. The summed E-state index contributed by atoms with van der Waals surface area (Å²) in [5.41, 5.74) is 0.288. The number of carboxylic acids is 1. The summed E-state index contributed by atoms with van der Waals surface area (Å²) in [4.78, 5) is 23.4. The molecule has 1 N–H and O–H groups in total. The fraction of sp³-hybridized carbons (Fsp3) is 0.286. The van der Waals surface area contributed by atoms with Crippen LogP contribution < -0.4 is 9.61 Å². The van der Waals surface area contributed by atoms with Crippen LogP contribution in [0.5, 0.6) is 5.75 Å². The molecule has 0 aliphatic carbocycles. The number of aryl methyl sites for hydroxylation is 2. The van der Waals surface area contributed by atoms with Gasteiger partial charge in [-0.25, -0.2) is 4.79 Å². The molecule has 0 saturated carbocycles. The lowest BCUT2D eigenvalue weighted by Crippen LogP contribution is -2.22. The second-order valence-electron chi connectivity index (χ2n) is 5.20. The van der Waals surface area contributed by atoms with Crippen molar-refractivity contribution < 1.29 is 22.5 Å². The standard InChI is InChI=1S/C14H13NO6S/c1-22(19,20)21-11-5-4-9-12-8(11)3-2-6-15(12)7-10(13(9)16)14(17)18/h4-5,7H,2-3,6H2,1H3,(H,17,18). The molecule has 0 fully saturated rings. The van der Waals surface area contributed by atoms with Crippen molar-refractivity contribution in [1.29, 1.82) is 0 Å². The van der Waals surface area contributed by atoms with Gasteiger partial charge in [0, 0.05) is 23.7 Å². The van der Waals surface area contributed by atoms with Crippen molar-refractivity contribution in [3.8, 4) is 5.75 Å². The zero-order valence-electron chi connectivity index (χ0n) is 11.7. The van der Waals surface area contributed by atoms with Gasteiger partial charge in [-0.15, -0.1) is 0 Å². The minimum atomic E-state index is -3.68. The molecule has 0 bridgehead atoms. The zero-order chi connectivity index (χ0) is 16.1. The number of aromatic carboxylic acids is 1. The summed E-state index contributed by atoms with van der Waals surface area (Å²) >= 11 is 0. The maximum absolute atomic E-state index is 12.3. The minimum Gasteiger partial charge on any atom is -0.477 e. The maximum Gasteiger partial charge on any atom is 0.341 e. The van der Waals surface area contributed by atoms with Gasteiger partial charge in [0.2, 0.25) is 5.43 Å². The molecule has 0 amide bonds. The van der Waals surface area contributed by atoms with E-state index in [9.17, 15) is 18.0 Å². The molecule has 1 aliphatic heterocycles. The van der Waals surface area contributed by atoms with Crippen LogP contribution in [0, 0.1) is 0 Å². The van der Waals surface area contributed by atoms with E-state index in [-0.39, 0.29) is 16.7 Å². The monoisotopic (exact) mass is 323 g/mol. The first-order valence-electron chi connectivity index (χ1n) is 6.60. The molecule has 1 aliphatic rings. The molecule has 0 radical (unpaired) electrons. The van der Waals surface area contributed by atoms with Gasteiger partial charge in [0.05, 0.1) is 11.8 Å². The van der Waals surface area contributed by atoms with Gasteiger partial charge in [-0.3, -0.25) is 4.79 Å². The van der Waals surface area contributed by atoms with Gasteiger partial charge in [-0.05, 0) is 25.0 Å². The van der Waals surface area contributed by atoms with Gasteiger partial charge in [-0.1, -0.05) is 0 Å². The van der Waals surface area contributed by atoms with E-state index in [4.69, 9.17) is 9.29 Å². The molecule has 0 saturated heterocycles. The summed E-state index contributed by atoms with van der Waals surface area (Å²) in [7, 11) is -3.68. The Kier molecular flexibility index (Phi) is 3.21. The highest BCUT2D eigenvalue weighted by Crippen LogP contribution is 2.32. The molecule has 7 nitrogen and oxygen atoms in total. The predicted molar refractivity (Wildman–Crippen MR) is 79.0 cm³/mol. The smallest absolute Gasteiger partial charge is 0.341 e. The molecule has 2 heterocycles. The first-order chi connectivity index (χ1) is 10.3. The second kappa shape index (κ2) is 4.84. The van der Waals surface area contributed by atoms with Crippen LogP contribution in [0.25, 0.3) is 10.9 Å². The average Bonchev–Trinajstić information content (AvgIpc) is 2.42. The lowest BCUT2D eigenvalue weighted by Gasteiger charge is -2.22. The number of pyridine rings is 1. The molecule has 0 unspecified atom stereocenters. The topological polar surface area (TPSA) is 103 Å². The first kappa shape index (κ1) is 14.6. The molecule has 1 aromatic carbocycles. The van der Waals surface area contributed by atoms with Gasteiger partial charge < -0.3 is 13.9 Å². The van der Waals surface area contributed by atoms with E-state index in [0.29, 0.717) is 30.5 Å². The number of hydrogen-bond donors (Lipinski definition) is 1.